The van der Waals surface area contributed by atoms with E-state index >= 15 is 0 Å². The lowest BCUT2D eigenvalue weighted by Crippen LogP contribution is -2.18. The second-order valence-electron chi connectivity index (χ2n) is 4.55. The van der Waals surface area contributed by atoms with Crippen LogP contribution in [0.5, 0.6) is 0 Å². The quantitative estimate of drug-likeness (QED) is 0.910. The zero-order chi connectivity index (χ0) is 15.6. The second kappa shape index (κ2) is 5.90. The first kappa shape index (κ1) is 15.0. The summed E-state index contributed by atoms with van der Waals surface area (Å²) in [6, 6.07) is 2.40. The standard InChI is InChI=1S/C14H14F3N3O/c1-2-3-20-7-9(18)6-12(20)14(21)19-13-10(16)4-8(15)5-11(13)17/h4-7H,2-3,18H2,1H3,(H,19,21). The van der Waals surface area contributed by atoms with E-state index in [1.54, 1.807) is 10.8 Å². The van der Waals surface area contributed by atoms with Gasteiger partial charge in [-0.25, -0.2) is 13.2 Å². The molecule has 2 aromatic rings. The van der Waals surface area contributed by atoms with Gasteiger partial charge in [0.25, 0.3) is 5.91 Å². The van der Waals surface area contributed by atoms with Gasteiger partial charge in [0.15, 0.2) is 11.6 Å². The molecule has 0 bridgehead atoms. The maximum atomic E-state index is 13.5. The largest absolute Gasteiger partial charge is 0.397 e. The summed E-state index contributed by atoms with van der Waals surface area (Å²) in [5.41, 5.74) is 5.48. The predicted octanol–water partition coefficient (Wildman–Crippen LogP) is 3.15. The number of carbonyl (C=O) groups excluding carboxylic acids is 1. The molecule has 0 spiro atoms. The number of hydrogen-bond acceptors (Lipinski definition) is 2. The van der Waals surface area contributed by atoms with Crippen molar-refractivity contribution in [2.45, 2.75) is 19.9 Å². The first-order valence-corrected chi connectivity index (χ1v) is 6.34. The van der Waals surface area contributed by atoms with Crippen molar-refractivity contribution >= 4 is 17.3 Å². The number of amides is 1. The van der Waals surface area contributed by atoms with Crippen molar-refractivity contribution < 1.29 is 18.0 Å². The Morgan fingerprint density at radius 1 is 1.24 bits per heavy atom. The van der Waals surface area contributed by atoms with E-state index in [9.17, 15) is 18.0 Å². The number of nitrogens with one attached hydrogen (secondary N) is 1. The van der Waals surface area contributed by atoms with Crippen LogP contribution in [0.15, 0.2) is 24.4 Å². The highest BCUT2D eigenvalue weighted by Gasteiger charge is 2.18. The number of carbonyl (C=O) groups is 1. The summed E-state index contributed by atoms with van der Waals surface area (Å²) in [5, 5.41) is 2.10. The number of aryl methyl sites for hydroxylation is 1. The van der Waals surface area contributed by atoms with Gasteiger partial charge < -0.3 is 15.6 Å². The Morgan fingerprint density at radius 2 is 1.86 bits per heavy atom. The van der Waals surface area contributed by atoms with Crippen LogP contribution < -0.4 is 11.1 Å². The van der Waals surface area contributed by atoms with Crippen LogP contribution in [-0.2, 0) is 6.54 Å². The van der Waals surface area contributed by atoms with E-state index in [4.69, 9.17) is 5.73 Å². The van der Waals surface area contributed by atoms with Crippen molar-refractivity contribution in [3.8, 4) is 0 Å². The SMILES string of the molecule is CCCn1cc(N)cc1C(=O)Nc1c(F)cc(F)cc1F. The molecule has 1 aromatic carbocycles. The predicted molar refractivity (Wildman–Crippen MR) is 73.4 cm³/mol. The molecule has 0 saturated carbocycles. The van der Waals surface area contributed by atoms with Crippen molar-refractivity contribution in [2.24, 2.45) is 0 Å². The average Bonchev–Trinajstić information content (AvgIpc) is 2.75. The number of benzene rings is 1. The Morgan fingerprint density at radius 3 is 2.43 bits per heavy atom. The van der Waals surface area contributed by atoms with Crippen LogP contribution >= 0.6 is 0 Å². The van der Waals surface area contributed by atoms with Crippen LogP contribution in [0.3, 0.4) is 0 Å². The van der Waals surface area contributed by atoms with Crippen molar-refractivity contribution in [1.82, 2.24) is 4.57 Å². The number of anilines is 2. The summed E-state index contributed by atoms with van der Waals surface area (Å²) in [4.78, 5) is 12.1. The van der Waals surface area contributed by atoms with Crippen LogP contribution in [0.4, 0.5) is 24.5 Å². The highest BCUT2D eigenvalue weighted by atomic mass is 19.1. The summed E-state index contributed by atoms with van der Waals surface area (Å²) < 4.78 is 41.4. The van der Waals surface area contributed by atoms with Crippen LogP contribution in [0.1, 0.15) is 23.8 Å². The van der Waals surface area contributed by atoms with Gasteiger partial charge in [-0.05, 0) is 12.5 Å². The molecule has 0 aliphatic carbocycles. The third-order valence-electron chi connectivity index (χ3n) is 2.86. The molecule has 0 unspecified atom stereocenters. The first-order chi connectivity index (χ1) is 9.92. The number of nitrogens with two attached hydrogens (primary N) is 1. The van der Waals surface area contributed by atoms with Gasteiger partial charge >= 0.3 is 0 Å². The van der Waals surface area contributed by atoms with E-state index in [1.165, 1.54) is 6.07 Å². The summed E-state index contributed by atoms with van der Waals surface area (Å²) in [6.45, 7) is 2.45. The zero-order valence-corrected chi connectivity index (χ0v) is 11.3. The van der Waals surface area contributed by atoms with Gasteiger partial charge in [0.05, 0.1) is 5.69 Å². The van der Waals surface area contributed by atoms with Gasteiger partial charge in [-0.15, -0.1) is 0 Å². The van der Waals surface area contributed by atoms with Crippen molar-refractivity contribution in [1.29, 1.82) is 0 Å². The molecule has 21 heavy (non-hydrogen) atoms. The minimum atomic E-state index is -1.18. The molecule has 0 saturated heterocycles. The molecule has 1 amide bonds. The monoisotopic (exact) mass is 297 g/mol. The Bertz CT molecular complexity index is 659. The molecule has 7 heteroatoms. The number of nitrogen functional groups attached to an aromatic ring is 1. The molecule has 0 fully saturated rings. The summed E-state index contributed by atoms with van der Waals surface area (Å²) in [6.07, 6.45) is 2.32. The third-order valence-corrected chi connectivity index (χ3v) is 2.86. The van der Waals surface area contributed by atoms with E-state index < -0.39 is 29.0 Å². The Hall–Kier alpha value is -2.44. The van der Waals surface area contributed by atoms with Crippen molar-refractivity contribution in [2.75, 3.05) is 11.1 Å². The Labute approximate surface area is 119 Å². The molecule has 1 aromatic heterocycles. The van der Waals surface area contributed by atoms with E-state index in [2.05, 4.69) is 5.32 Å². The number of rotatable bonds is 4. The highest BCUT2D eigenvalue weighted by molar-refractivity contribution is 6.04. The number of aromatic nitrogens is 1. The summed E-state index contributed by atoms with van der Waals surface area (Å²) >= 11 is 0. The fraction of sp³-hybridized carbons (Fsp3) is 0.214. The Kier molecular flexibility index (Phi) is 4.21. The molecule has 4 nitrogen and oxygen atoms in total. The fourth-order valence-corrected chi connectivity index (χ4v) is 1.99. The molecule has 0 radical (unpaired) electrons. The van der Waals surface area contributed by atoms with Crippen molar-refractivity contribution in [3.05, 3.63) is 47.5 Å². The number of halogens is 3. The normalized spacial score (nSPS) is 10.7. The van der Waals surface area contributed by atoms with E-state index in [0.29, 0.717) is 24.4 Å². The molecule has 0 aliphatic rings. The van der Waals surface area contributed by atoms with Gasteiger partial charge in [-0.2, -0.15) is 0 Å². The lowest BCUT2D eigenvalue weighted by Gasteiger charge is -2.10. The lowest BCUT2D eigenvalue weighted by molar-refractivity contribution is 0.101. The van der Waals surface area contributed by atoms with E-state index in [0.717, 1.165) is 6.42 Å². The molecule has 3 N–H and O–H groups in total. The minimum absolute atomic E-state index is 0.178. The fourth-order valence-electron chi connectivity index (χ4n) is 1.99. The van der Waals surface area contributed by atoms with Crippen LogP contribution in [0, 0.1) is 17.5 Å². The van der Waals surface area contributed by atoms with E-state index in [-0.39, 0.29) is 5.69 Å². The van der Waals surface area contributed by atoms with Gasteiger partial charge in [-0.1, -0.05) is 6.92 Å². The molecule has 0 aliphatic heterocycles. The van der Waals surface area contributed by atoms with E-state index in [1.807, 2.05) is 6.92 Å². The summed E-state index contributed by atoms with van der Waals surface area (Å²) in [7, 11) is 0. The zero-order valence-electron chi connectivity index (χ0n) is 11.3. The molecular weight excluding hydrogens is 283 g/mol. The molecule has 2 rings (SSSR count). The van der Waals surface area contributed by atoms with Gasteiger partial charge in [-0.3, -0.25) is 4.79 Å². The topological polar surface area (TPSA) is 60.0 Å². The third kappa shape index (κ3) is 3.18. The van der Waals surface area contributed by atoms with Crippen molar-refractivity contribution in [3.63, 3.8) is 0 Å². The average molecular weight is 297 g/mol. The molecule has 0 atom stereocenters. The number of nitrogens with zero attached hydrogens (tertiary/aromatic N) is 1. The van der Waals surface area contributed by atoms with Crippen LogP contribution in [0.25, 0.3) is 0 Å². The number of hydrogen-bond donors (Lipinski definition) is 2. The van der Waals surface area contributed by atoms with Gasteiger partial charge in [0, 0.05) is 24.9 Å². The minimum Gasteiger partial charge on any atom is -0.397 e. The molecular formula is C14H14F3N3O. The maximum absolute atomic E-state index is 13.5. The first-order valence-electron chi connectivity index (χ1n) is 6.34. The lowest BCUT2D eigenvalue weighted by atomic mass is 10.2. The van der Waals surface area contributed by atoms with Crippen LogP contribution in [-0.4, -0.2) is 10.5 Å². The molecule has 112 valence electrons. The summed E-state index contributed by atoms with van der Waals surface area (Å²) in [5.74, 6) is -4.13. The molecule has 1 heterocycles. The maximum Gasteiger partial charge on any atom is 0.272 e. The smallest absolute Gasteiger partial charge is 0.272 e. The van der Waals surface area contributed by atoms with Gasteiger partial charge in [0.2, 0.25) is 0 Å². The van der Waals surface area contributed by atoms with Gasteiger partial charge in [0.1, 0.15) is 17.2 Å². The second-order valence-corrected chi connectivity index (χ2v) is 4.55. The van der Waals surface area contributed by atoms with Crippen LogP contribution in [0.2, 0.25) is 0 Å². The Balaban J connectivity index is 2.30. The highest BCUT2D eigenvalue weighted by Crippen LogP contribution is 2.21.